The number of anilines is 1. The van der Waals surface area contributed by atoms with Gasteiger partial charge in [0.25, 0.3) is 0 Å². The van der Waals surface area contributed by atoms with Gasteiger partial charge >= 0.3 is 0 Å². The summed E-state index contributed by atoms with van der Waals surface area (Å²) in [7, 11) is 2.01. The fourth-order valence-electron chi connectivity index (χ4n) is 2.88. The van der Waals surface area contributed by atoms with Gasteiger partial charge in [0, 0.05) is 19.3 Å². The maximum atomic E-state index is 6.00. The predicted octanol–water partition coefficient (Wildman–Crippen LogP) is 4.02. The minimum atomic E-state index is 0.614. The van der Waals surface area contributed by atoms with Gasteiger partial charge in [-0.3, -0.25) is 0 Å². The first-order valence-corrected chi connectivity index (χ1v) is 7.90. The normalized spacial score (nSPS) is 11.3. The third-order valence-corrected chi connectivity index (χ3v) is 4.29. The minimum absolute atomic E-state index is 0.614. The highest BCUT2D eigenvalue weighted by Crippen LogP contribution is 2.32. The lowest BCUT2D eigenvalue weighted by atomic mass is 10.2. The average molecular weight is 318 g/mol. The highest BCUT2D eigenvalue weighted by atomic mass is 16.3. The summed E-state index contributed by atoms with van der Waals surface area (Å²) in [5.74, 6) is 0.775. The van der Waals surface area contributed by atoms with E-state index in [1.54, 1.807) is 6.33 Å². The van der Waals surface area contributed by atoms with Gasteiger partial charge in [0.2, 0.25) is 5.71 Å². The second kappa shape index (κ2) is 5.60. The lowest BCUT2D eigenvalue weighted by Gasteiger charge is -2.17. The number of pyridine rings is 1. The fraction of sp³-hybridized carbons (Fsp3) is 0.211. The van der Waals surface area contributed by atoms with Crippen molar-refractivity contribution in [3.05, 3.63) is 59.5 Å². The Morgan fingerprint density at radius 1 is 1.08 bits per heavy atom. The van der Waals surface area contributed by atoms with Gasteiger partial charge < -0.3 is 9.32 Å². The zero-order chi connectivity index (χ0) is 16.7. The van der Waals surface area contributed by atoms with Crippen LogP contribution in [0.2, 0.25) is 0 Å². The van der Waals surface area contributed by atoms with Crippen molar-refractivity contribution in [3.63, 3.8) is 0 Å². The molecular weight excluding hydrogens is 300 g/mol. The number of hydrogen-bond acceptors (Lipinski definition) is 5. The summed E-state index contributed by atoms with van der Waals surface area (Å²) >= 11 is 0. The summed E-state index contributed by atoms with van der Waals surface area (Å²) in [6.45, 7) is 4.77. The Balaban J connectivity index is 1.84. The second-order valence-corrected chi connectivity index (χ2v) is 6.06. The molecule has 0 radical (unpaired) electrons. The van der Waals surface area contributed by atoms with Crippen LogP contribution in [0.3, 0.4) is 0 Å². The number of fused-ring (bicyclic) bond motifs is 3. The van der Waals surface area contributed by atoms with Crippen molar-refractivity contribution in [2.24, 2.45) is 0 Å². The molecule has 0 N–H and O–H groups in total. The van der Waals surface area contributed by atoms with Crippen molar-refractivity contribution in [3.8, 4) is 0 Å². The van der Waals surface area contributed by atoms with Crippen LogP contribution in [0.4, 0.5) is 5.82 Å². The topological polar surface area (TPSA) is 55.1 Å². The summed E-state index contributed by atoms with van der Waals surface area (Å²) in [5, 5.41) is 0.935. The first-order valence-electron chi connectivity index (χ1n) is 7.90. The summed E-state index contributed by atoms with van der Waals surface area (Å²) in [6.07, 6.45) is 1.59. The zero-order valence-electron chi connectivity index (χ0n) is 13.9. The first kappa shape index (κ1) is 14.6. The molecule has 0 amide bonds. The number of furan rings is 1. The molecule has 0 saturated carbocycles. The van der Waals surface area contributed by atoms with E-state index in [-0.39, 0.29) is 0 Å². The number of aryl methyl sites for hydroxylation is 2. The van der Waals surface area contributed by atoms with Gasteiger partial charge in [0.1, 0.15) is 11.8 Å². The Bertz CT molecular complexity index is 1020. The fourth-order valence-corrected chi connectivity index (χ4v) is 2.88. The molecule has 4 rings (SSSR count). The van der Waals surface area contributed by atoms with E-state index < -0.39 is 0 Å². The summed E-state index contributed by atoms with van der Waals surface area (Å²) in [6, 6.07) is 12.4. The Morgan fingerprint density at radius 2 is 1.88 bits per heavy atom. The largest absolute Gasteiger partial charge is 0.432 e. The molecule has 0 saturated heterocycles. The van der Waals surface area contributed by atoms with E-state index in [1.807, 2.05) is 39.1 Å². The molecule has 0 aliphatic carbocycles. The third kappa shape index (κ3) is 2.38. The molecule has 0 atom stereocenters. The molecule has 1 aromatic carbocycles. The van der Waals surface area contributed by atoms with E-state index in [2.05, 4.69) is 38.1 Å². The highest BCUT2D eigenvalue weighted by Gasteiger charge is 2.17. The van der Waals surface area contributed by atoms with E-state index in [0.29, 0.717) is 11.3 Å². The molecule has 0 spiro atoms. The Hall–Kier alpha value is -2.95. The van der Waals surface area contributed by atoms with Gasteiger partial charge in [-0.15, -0.1) is 0 Å². The van der Waals surface area contributed by atoms with E-state index in [4.69, 9.17) is 4.42 Å². The van der Waals surface area contributed by atoms with Crippen LogP contribution in [0.15, 0.2) is 47.1 Å². The van der Waals surface area contributed by atoms with Gasteiger partial charge in [-0.2, -0.15) is 0 Å². The predicted molar refractivity (Wildman–Crippen MR) is 95.1 cm³/mol. The van der Waals surface area contributed by atoms with Gasteiger partial charge in [-0.05, 0) is 31.0 Å². The monoisotopic (exact) mass is 318 g/mol. The summed E-state index contributed by atoms with van der Waals surface area (Å²) in [4.78, 5) is 15.5. The van der Waals surface area contributed by atoms with Crippen LogP contribution >= 0.6 is 0 Å². The first-order chi connectivity index (χ1) is 11.6. The van der Waals surface area contributed by atoms with Crippen molar-refractivity contribution >= 4 is 28.0 Å². The van der Waals surface area contributed by atoms with Crippen molar-refractivity contribution in [2.45, 2.75) is 20.4 Å². The van der Waals surface area contributed by atoms with Crippen LogP contribution in [-0.4, -0.2) is 22.0 Å². The Kier molecular flexibility index (Phi) is 3.41. The van der Waals surface area contributed by atoms with E-state index in [0.717, 1.165) is 34.5 Å². The van der Waals surface area contributed by atoms with E-state index in [9.17, 15) is 0 Å². The number of aromatic nitrogens is 3. The van der Waals surface area contributed by atoms with Crippen LogP contribution in [0, 0.1) is 13.8 Å². The zero-order valence-corrected chi connectivity index (χ0v) is 13.9. The average Bonchev–Trinajstić information content (AvgIpc) is 2.93. The second-order valence-electron chi connectivity index (χ2n) is 6.06. The molecule has 120 valence electrons. The Morgan fingerprint density at radius 3 is 2.67 bits per heavy atom. The van der Waals surface area contributed by atoms with Gasteiger partial charge in [0.05, 0.1) is 5.39 Å². The van der Waals surface area contributed by atoms with Crippen LogP contribution in [0.25, 0.3) is 22.2 Å². The molecule has 0 bridgehead atoms. The number of benzene rings is 1. The standard InChI is InChI=1S/C19H18N4O/c1-12-9-15-16-17(24-19(15)22-13(12)2)18(21-11-20-16)23(3)10-14-7-5-4-6-8-14/h4-9,11H,10H2,1-3H3. The van der Waals surface area contributed by atoms with Crippen molar-refractivity contribution in [1.29, 1.82) is 0 Å². The molecule has 3 aromatic heterocycles. The lowest BCUT2D eigenvalue weighted by Crippen LogP contribution is -2.17. The van der Waals surface area contributed by atoms with E-state index >= 15 is 0 Å². The molecule has 0 unspecified atom stereocenters. The van der Waals surface area contributed by atoms with E-state index in [1.165, 1.54) is 5.56 Å². The van der Waals surface area contributed by atoms with Crippen LogP contribution in [-0.2, 0) is 6.54 Å². The minimum Gasteiger partial charge on any atom is -0.432 e. The van der Waals surface area contributed by atoms with Crippen molar-refractivity contribution < 1.29 is 4.42 Å². The molecule has 3 heterocycles. The van der Waals surface area contributed by atoms with Crippen LogP contribution in [0.1, 0.15) is 16.8 Å². The highest BCUT2D eigenvalue weighted by molar-refractivity contribution is 6.04. The molecular formula is C19H18N4O. The summed E-state index contributed by atoms with van der Waals surface area (Å²) in [5.41, 5.74) is 5.42. The number of rotatable bonds is 3. The SMILES string of the molecule is Cc1cc2c(nc1C)oc1c(N(C)Cc3ccccc3)ncnc12. The maximum absolute atomic E-state index is 6.00. The van der Waals surface area contributed by atoms with Crippen LogP contribution < -0.4 is 4.90 Å². The maximum Gasteiger partial charge on any atom is 0.229 e. The molecule has 5 heteroatoms. The number of nitrogens with zero attached hydrogens (tertiary/aromatic N) is 4. The van der Waals surface area contributed by atoms with Gasteiger partial charge in [-0.25, -0.2) is 15.0 Å². The quantitative estimate of drug-likeness (QED) is 0.571. The molecule has 24 heavy (non-hydrogen) atoms. The van der Waals surface area contributed by atoms with Crippen molar-refractivity contribution in [1.82, 2.24) is 15.0 Å². The van der Waals surface area contributed by atoms with Crippen molar-refractivity contribution in [2.75, 3.05) is 11.9 Å². The van der Waals surface area contributed by atoms with Gasteiger partial charge in [0.15, 0.2) is 11.4 Å². The Labute approximate surface area is 140 Å². The smallest absolute Gasteiger partial charge is 0.229 e. The lowest BCUT2D eigenvalue weighted by molar-refractivity contribution is 0.646. The van der Waals surface area contributed by atoms with Crippen LogP contribution in [0.5, 0.6) is 0 Å². The summed E-state index contributed by atoms with van der Waals surface area (Å²) < 4.78 is 6.00. The molecule has 0 fully saturated rings. The number of hydrogen-bond donors (Lipinski definition) is 0. The molecule has 4 aromatic rings. The molecule has 0 aliphatic heterocycles. The molecule has 5 nitrogen and oxygen atoms in total. The molecule has 0 aliphatic rings. The third-order valence-electron chi connectivity index (χ3n) is 4.29. The van der Waals surface area contributed by atoms with Gasteiger partial charge in [-0.1, -0.05) is 30.3 Å².